The van der Waals surface area contributed by atoms with Crippen molar-refractivity contribution in [2.24, 2.45) is 0 Å². The maximum absolute atomic E-state index is 9.22. The molecular weight excluding hydrogens is 252 g/mol. The van der Waals surface area contributed by atoms with E-state index in [0.717, 1.165) is 17.5 Å². The maximum Gasteiger partial charge on any atom is 0.0998 e. The Hall–Kier alpha value is -1.66. The summed E-state index contributed by atoms with van der Waals surface area (Å²) in [6.07, 6.45) is 0. The van der Waals surface area contributed by atoms with E-state index < -0.39 is 0 Å². The Kier molecular flexibility index (Phi) is 3.35. The number of benzene rings is 2. The fourth-order valence-corrected chi connectivity index (χ4v) is 3.73. The van der Waals surface area contributed by atoms with Gasteiger partial charge in [0.05, 0.1) is 11.6 Å². The molecule has 2 nitrogen and oxygen atoms in total. The molecule has 19 heavy (non-hydrogen) atoms. The number of hydrogen-bond donors (Lipinski definition) is 0. The Balaban J connectivity index is 2.17. The average molecular weight is 268 g/mol. The van der Waals surface area contributed by atoms with Gasteiger partial charge in [-0.2, -0.15) is 17.0 Å². The lowest BCUT2D eigenvalue weighted by Gasteiger charge is -2.36. The van der Waals surface area contributed by atoms with Crippen molar-refractivity contribution in [2.75, 3.05) is 23.0 Å². The first-order valence-corrected chi connectivity index (χ1v) is 7.73. The molecule has 0 aliphatic carbocycles. The summed E-state index contributed by atoms with van der Waals surface area (Å²) in [7, 11) is 0. The molecule has 1 atom stereocenters. The Morgan fingerprint density at radius 1 is 1.21 bits per heavy atom. The minimum absolute atomic E-state index is 0.551. The first-order chi connectivity index (χ1) is 9.31. The molecule has 0 N–H and O–H groups in total. The Bertz CT molecular complexity index is 645. The molecular formula is C16H16N2S. The van der Waals surface area contributed by atoms with Crippen molar-refractivity contribution >= 4 is 28.2 Å². The zero-order valence-corrected chi connectivity index (χ0v) is 11.8. The van der Waals surface area contributed by atoms with E-state index in [2.05, 4.69) is 36.1 Å². The third-order valence-electron chi connectivity index (χ3n) is 3.70. The Morgan fingerprint density at radius 3 is 2.74 bits per heavy atom. The van der Waals surface area contributed by atoms with E-state index in [9.17, 15) is 5.26 Å². The van der Waals surface area contributed by atoms with Gasteiger partial charge in [-0.05, 0) is 19.1 Å². The van der Waals surface area contributed by atoms with E-state index in [0.29, 0.717) is 6.04 Å². The lowest BCUT2D eigenvalue weighted by molar-refractivity contribution is 0.702. The summed E-state index contributed by atoms with van der Waals surface area (Å²) in [5, 5.41) is 11.5. The average Bonchev–Trinajstić information content (AvgIpc) is 2.47. The van der Waals surface area contributed by atoms with Crippen LogP contribution in [0, 0.1) is 11.3 Å². The molecule has 0 radical (unpaired) electrons. The molecule has 1 aliphatic heterocycles. The Morgan fingerprint density at radius 2 is 2.00 bits per heavy atom. The first-order valence-electron chi connectivity index (χ1n) is 6.57. The maximum atomic E-state index is 9.22. The second kappa shape index (κ2) is 5.14. The molecule has 2 aromatic rings. The van der Waals surface area contributed by atoms with Crippen LogP contribution in [0.5, 0.6) is 0 Å². The minimum Gasteiger partial charge on any atom is -0.367 e. The molecule has 1 unspecified atom stereocenters. The van der Waals surface area contributed by atoms with E-state index in [1.807, 2.05) is 30.0 Å². The van der Waals surface area contributed by atoms with Gasteiger partial charge < -0.3 is 4.90 Å². The molecule has 0 aromatic heterocycles. The van der Waals surface area contributed by atoms with E-state index in [4.69, 9.17) is 0 Å². The van der Waals surface area contributed by atoms with Crippen molar-refractivity contribution in [3.8, 4) is 6.07 Å². The van der Waals surface area contributed by atoms with Gasteiger partial charge in [-0.1, -0.05) is 24.3 Å². The summed E-state index contributed by atoms with van der Waals surface area (Å²) < 4.78 is 0. The van der Waals surface area contributed by atoms with E-state index >= 15 is 0 Å². The predicted molar refractivity (Wildman–Crippen MR) is 82.8 cm³/mol. The smallest absolute Gasteiger partial charge is 0.0998 e. The monoisotopic (exact) mass is 268 g/mol. The van der Waals surface area contributed by atoms with Crippen LogP contribution in [0.4, 0.5) is 5.69 Å². The predicted octanol–water partition coefficient (Wildman–Crippen LogP) is 3.65. The normalized spacial score (nSPS) is 19.4. The molecule has 2 aromatic carbocycles. The van der Waals surface area contributed by atoms with Gasteiger partial charge in [-0.25, -0.2) is 0 Å². The third-order valence-corrected chi connectivity index (χ3v) is 4.89. The third kappa shape index (κ3) is 2.17. The highest BCUT2D eigenvalue weighted by atomic mass is 32.2. The molecule has 1 fully saturated rings. The highest BCUT2D eigenvalue weighted by molar-refractivity contribution is 7.99. The van der Waals surface area contributed by atoms with Crippen LogP contribution in [-0.4, -0.2) is 24.1 Å². The van der Waals surface area contributed by atoms with Crippen LogP contribution in [0.2, 0.25) is 0 Å². The standard InChI is InChI=1S/C16H16N2S/c1-12-11-19-9-8-18(12)16-7-6-13(10-17)14-4-2-3-5-15(14)16/h2-7,12H,8-9,11H2,1H3. The zero-order valence-electron chi connectivity index (χ0n) is 11.0. The highest BCUT2D eigenvalue weighted by Crippen LogP contribution is 2.32. The van der Waals surface area contributed by atoms with E-state index in [1.54, 1.807) is 0 Å². The van der Waals surface area contributed by atoms with Crippen LogP contribution in [-0.2, 0) is 0 Å². The molecule has 3 rings (SSSR count). The number of anilines is 1. The molecule has 0 spiro atoms. The van der Waals surface area contributed by atoms with Crippen LogP contribution in [0.15, 0.2) is 36.4 Å². The van der Waals surface area contributed by atoms with E-state index in [1.165, 1.54) is 22.6 Å². The number of nitrogens with zero attached hydrogens (tertiary/aromatic N) is 2. The van der Waals surface area contributed by atoms with Crippen molar-refractivity contribution in [3.63, 3.8) is 0 Å². The van der Waals surface area contributed by atoms with Gasteiger partial charge in [0.25, 0.3) is 0 Å². The van der Waals surface area contributed by atoms with Crippen LogP contribution in [0.25, 0.3) is 10.8 Å². The van der Waals surface area contributed by atoms with E-state index in [-0.39, 0.29) is 0 Å². The van der Waals surface area contributed by atoms with Crippen LogP contribution in [0.1, 0.15) is 12.5 Å². The number of hydrogen-bond acceptors (Lipinski definition) is 3. The molecule has 96 valence electrons. The number of thioether (sulfide) groups is 1. The van der Waals surface area contributed by atoms with Crippen molar-refractivity contribution in [1.82, 2.24) is 0 Å². The minimum atomic E-state index is 0.551. The summed E-state index contributed by atoms with van der Waals surface area (Å²) in [6.45, 7) is 3.36. The molecule has 0 amide bonds. The summed E-state index contributed by atoms with van der Waals surface area (Å²) in [5.74, 6) is 2.35. The molecule has 1 saturated heterocycles. The van der Waals surface area contributed by atoms with Crippen molar-refractivity contribution in [2.45, 2.75) is 13.0 Å². The topological polar surface area (TPSA) is 27.0 Å². The quantitative estimate of drug-likeness (QED) is 0.790. The van der Waals surface area contributed by atoms with Crippen molar-refractivity contribution in [3.05, 3.63) is 42.0 Å². The molecule has 0 bridgehead atoms. The molecule has 1 aliphatic rings. The van der Waals surface area contributed by atoms with Gasteiger partial charge in [0.2, 0.25) is 0 Å². The van der Waals surface area contributed by atoms with Crippen molar-refractivity contribution in [1.29, 1.82) is 5.26 Å². The molecule has 1 heterocycles. The number of nitriles is 1. The SMILES string of the molecule is CC1CSCCN1c1ccc(C#N)c2ccccc12. The van der Waals surface area contributed by atoms with Crippen LogP contribution >= 0.6 is 11.8 Å². The van der Waals surface area contributed by atoms with Gasteiger partial charge in [-0.3, -0.25) is 0 Å². The van der Waals surface area contributed by atoms with Gasteiger partial charge in [0.1, 0.15) is 0 Å². The van der Waals surface area contributed by atoms with Gasteiger partial charge in [0.15, 0.2) is 0 Å². The van der Waals surface area contributed by atoms with Gasteiger partial charge in [-0.15, -0.1) is 0 Å². The number of rotatable bonds is 1. The second-order valence-electron chi connectivity index (χ2n) is 4.91. The lowest BCUT2D eigenvalue weighted by Crippen LogP contribution is -2.40. The summed E-state index contributed by atoms with van der Waals surface area (Å²) in [5.41, 5.74) is 2.03. The van der Waals surface area contributed by atoms with Crippen molar-refractivity contribution < 1.29 is 0 Å². The van der Waals surface area contributed by atoms with Crippen LogP contribution < -0.4 is 4.90 Å². The molecule has 3 heteroatoms. The van der Waals surface area contributed by atoms with Crippen LogP contribution in [0.3, 0.4) is 0 Å². The Labute approximate surface area is 118 Å². The van der Waals surface area contributed by atoms with Gasteiger partial charge >= 0.3 is 0 Å². The summed E-state index contributed by atoms with van der Waals surface area (Å²) in [6, 6.07) is 15.1. The fourth-order valence-electron chi connectivity index (χ4n) is 2.72. The highest BCUT2D eigenvalue weighted by Gasteiger charge is 2.20. The lowest BCUT2D eigenvalue weighted by atomic mass is 10.0. The zero-order chi connectivity index (χ0) is 13.2. The molecule has 0 saturated carbocycles. The first kappa shape index (κ1) is 12.4. The largest absolute Gasteiger partial charge is 0.367 e. The fraction of sp³-hybridized carbons (Fsp3) is 0.312. The summed E-state index contributed by atoms with van der Waals surface area (Å²) in [4.78, 5) is 2.47. The second-order valence-corrected chi connectivity index (χ2v) is 6.06. The van der Waals surface area contributed by atoms with Gasteiger partial charge in [0, 0.05) is 40.6 Å². The number of fused-ring (bicyclic) bond motifs is 1. The summed E-state index contributed by atoms with van der Waals surface area (Å²) >= 11 is 2.02.